The highest BCUT2D eigenvalue weighted by Crippen LogP contribution is 2.32. The Morgan fingerprint density at radius 1 is 0.889 bits per heavy atom. The third-order valence-corrected chi connectivity index (χ3v) is 5.66. The van der Waals surface area contributed by atoms with Gasteiger partial charge in [-0.15, -0.1) is 0 Å². The van der Waals surface area contributed by atoms with Gasteiger partial charge in [0, 0.05) is 11.1 Å². The van der Waals surface area contributed by atoms with E-state index in [-0.39, 0.29) is 43.3 Å². The van der Waals surface area contributed by atoms with Gasteiger partial charge in [-0.1, -0.05) is 59.1 Å². The van der Waals surface area contributed by atoms with E-state index in [0.717, 1.165) is 0 Å². The number of hydrogen-bond acceptors (Lipinski definition) is 4. The average molecular weight is 557 g/mol. The van der Waals surface area contributed by atoms with Gasteiger partial charge in [-0.3, -0.25) is 4.79 Å². The number of rotatable bonds is 6. The van der Waals surface area contributed by atoms with Gasteiger partial charge in [-0.05, 0) is 42.5 Å². The zero-order valence-corrected chi connectivity index (χ0v) is 20.2. The quantitative estimate of drug-likeness (QED) is 0.281. The number of carbonyl (C=O) groups is 2. The Hall–Kier alpha value is -3.53. The standard InChI is InChI=1S/C24H15Cl3F3N3O3/c25-14-3-1-2-4-17(14)32-18(11-19(31)24(28,29)30)12-5-7-13(8-6-12)22(34)33-21-16(27)10-9-15(26)20(21)23(35)36/h1-11H,31H2,(H,33,34)(H,35,36)/b19-11-,32-18?. The van der Waals surface area contributed by atoms with E-state index < -0.39 is 29.3 Å². The highest BCUT2D eigenvalue weighted by molar-refractivity contribution is 6.39. The van der Waals surface area contributed by atoms with Crippen molar-refractivity contribution in [3.8, 4) is 0 Å². The number of nitrogens with two attached hydrogens (primary N) is 1. The van der Waals surface area contributed by atoms with Gasteiger partial charge >= 0.3 is 12.1 Å². The number of carboxylic acid groups (broad SMARTS) is 1. The van der Waals surface area contributed by atoms with Gasteiger partial charge in [0.1, 0.15) is 11.3 Å². The Bertz CT molecular complexity index is 1390. The van der Waals surface area contributed by atoms with Crippen LogP contribution in [0.3, 0.4) is 0 Å². The molecule has 186 valence electrons. The molecule has 3 rings (SSSR count). The maximum Gasteiger partial charge on any atom is 0.430 e. The normalized spacial score (nSPS) is 12.4. The summed E-state index contributed by atoms with van der Waals surface area (Å²) < 4.78 is 39.2. The number of halogens is 6. The number of carbonyl (C=O) groups excluding carboxylic acids is 1. The number of nitrogens with one attached hydrogen (secondary N) is 1. The SMILES string of the molecule is N/C(=C\C(=Nc1ccccc1Cl)c1ccc(C(=O)Nc2c(Cl)ccc(Cl)c2C(=O)O)cc1)C(F)(F)F. The van der Waals surface area contributed by atoms with Crippen molar-refractivity contribution in [1.29, 1.82) is 0 Å². The molecule has 36 heavy (non-hydrogen) atoms. The molecule has 0 heterocycles. The van der Waals surface area contributed by atoms with Gasteiger partial charge in [-0.25, -0.2) is 9.79 Å². The molecule has 0 aromatic heterocycles. The molecule has 0 spiro atoms. The van der Waals surface area contributed by atoms with E-state index in [1.807, 2.05) is 0 Å². The molecule has 0 unspecified atom stereocenters. The molecule has 0 aliphatic carbocycles. The van der Waals surface area contributed by atoms with Crippen molar-refractivity contribution >= 4 is 63.8 Å². The average Bonchev–Trinajstić information content (AvgIpc) is 2.81. The molecule has 0 fully saturated rings. The summed E-state index contributed by atoms with van der Waals surface area (Å²) in [5.74, 6) is -2.13. The summed E-state index contributed by atoms with van der Waals surface area (Å²) in [6.45, 7) is 0. The van der Waals surface area contributed by atoms with Crippen molar-refractivity contribution in [2.45, 2.75) is 6.18 Å². The summed E-state index contributed by atoms with van der Waals surface area (Å²) in [4.78, 5) is 28.5. The number of benzene rings is 3. The minimum absolute atomic E-state index is 0.0518. The molecule has 0 bridgehead atoms. The summed E-state index contributed by atoms with van der Waals surface area (Å²) in [6.07, 6.45) is -4.14. The molecule has 0 aliphatic heterocycles. The van der Waals surface area contributed by atoms with Gasteiger partial charge < -0.3 is 16.2 Å². The Labute approximate surface area is 217 Å². The second-order valence-electron chi connectivity index (χ2n) is 7.16. The predicted molar refractivity (Wildman–Crippen MR) is 134 cm³/mol. The largest absolute Gasteiger partial charge is 0.478 e. The van der Waals surface area contributed by atoms with E-state index in [4.69, 9.17) is 40.5 Å². The molecule has 0 saturated carbocycles. The minimum Gasteiger partial charge on any atom is -0.478 e. The minimum atomic E-state index is -4.79. The van der Waals surface area contributed by atoms with Crippen LogP contribution < -0.4 is 11.1 Å². The number of aromatic carboxylic acids is 1. The van der Waals surface area contributed by atoms with Crippen molar-refractivity contribution in [3.63, 3.8) is 0 Å². The lowest BCUT2D eigenvalue weighted by Gasteiger charge is -2.12. The molecule has 4 N–H and O–H groups in total. The van der Waals surface area contributed by atoms with Crippen LogP contribution in [0.2, 0.25) is 15.1 Å². The zero-order valence-electron chi connectivity index (χ0n) is 17.9. The number of alkyl halides is 3. The molecular formula is C24H15Cl3F3N3O3. The maximum absolute atomic E-state index is 13.1. The molecule has 0 radical (unpaired) electrons. The van der Waals surface area contributed by atoms with Crippen molar-refractivity contribution < 1.29 is 27.9 Å². The van der Waals surface area contributed by atoms with Crippen LogP contribution in [0, 0.1) is 0 Å². The number of amides is 1. The Morgan fingerprint density at radius 2 is 1.47 bits per heavy atom. The topological polar surface area (TPSA) is 105 Å². The summed E-state index contributed by atoms with van der Waals surface area (Å²) in [6, 6.07) is 14.2. The van der Waals surface area contributed by atoms with Crippen LogP contribution >= 0.6 is 34.8 Å². The lowest BCUT2D eigenvalue weighted by Crippen LogP contribution is -2.21. The van der Waals surface area contributed by atoms with E-state index in [9.17, 15) is 27.9 Å². The molecule has 3 aromatic rings. The zero-order chi connectivity index (χ0) is 26.6. The Kier molecular flexibility index (Phi) is 8.29. The number of carboxylic acids is 1. The molecular weight excluding hydrogens is 542 g/mol. The fourth-order valence-corrected chi connectivity index (χ4v) is 3.56. The number of allylic oxidation sites excluding steroid dienone is 2. The van der Waals surface area contributed by atoms with Crippen LogP contribution in [-0.4, -0.2) is 28.9 Å². The first-order valence-electron chi connectivity index (χ1n) is 9.89. The highest BCUT2D eigenvalue weighted by Gasteiger charge is 2.32. The maximum atomic E-state index is 13.1. The van der Waals surface area contributed by atoms with Crippen LogP contribution in [0.15, 0.2) is 77.4 Å². The monoisotopic (exact) mass is 555 g/mol. The second kappa shape index (κ2) is 11.0. The predicted octanol–water partition coefficient (Wildman–Crippen LogP) is 7.12. The van der Waals surface area contributed by atoms with Gasteiger partial charge in [-0.2, -0.15) is 13.2 Å². The van der Waals surface area contributed by atoms with Gasteiger partial charge in [0.15, 0.2) is 0 Å². The number of hydrogen-bond donors (Lipinski definition) is 3. The lowest BCUT2D eigenvalue weighted by atomic mass is 10.1. The van der Waals surface area contributed by atoms with Crippen molar-refractivity contribution in [1.82, 2.24) is 0 Å². The van der Waals surface area contributed by atoms with Crippen LogP contribution in [0.4, 0.5) is 24.5 Å². The first kappa shape index (κ1) is 27.1. The van der Waals surface area contributed by atoms with Crippen molar-refractivity contribution in [3.05, 3.63) is 104 Å². The summed E-state index contributed by atoms with van der Waals surface area (Å²) in [7, 11) is 0. The molecule has 0 atom stereocenters. The van der Waals surface area contributed by atoms with Crippen LogP contribution in [0.25, 0.3) is 0 Å². The summed E-state index contributed by atoms with van der Waals surface area (Å²) >= 11 is 18.1. The first-order chi connectivity index (χ1) is 16.9. The molecule has 0 aliphatic rings. The highest BCUT2D eigenvalue weighted by atomic mass is 35.5. The van der Waals surface area contributed by atoms with E-state index >= 15 is 0 Å². The summed E-state index contributed by atoms with van der Waals surface area (Å²) in [5, 5.41) is 11.8. The fraction of sp³-hybridized carbons (Fsp3) is 0.0417. The molecule has 1 amide bonds. The first-order valence-corrected chi connectivity index (χ1v) is 11.0. The van der Waals surface area contributed by atoms with Gasteiger partial charge in [0.05, 0.1) is 32.2 Å². The fourth-order valence-electron chi connectivity index (χ4n) is 2.94. The summed E-state index contributed by atoms with van der Waals surface area (Å²) in [5.41, 5.74) is 3.52. The molecule has 12 heteroatoms. The van der Waals surface area contributed by atoms with Crippen LogP contribution in [0.1, 0.15) is 26.3 Å². The molecule has 6 nitrogen and oxygen atoms in total. The lowest BCUT2D eigenvalue weighted by molar-refractivity contribution is -0.0925. The third-order valence-electron chi connectivity index (χ3n) is 4.71. The van der Waals surface area contributed by atoms with Crippen molar-refractivity contribution in [2.24, 2.45) is 10.7 Å². The number of para-hydroxylation sites is 1. The van der Waals surface area contributed by atoms with Gasteiger partial charge in [0.2, 0.25) is 0 Å². The van der Waals surface area contributed by atoms with E-state index in [1.54, 1.807) is 12.1 Å². The second-order valence-corrected chi connectivity index (χ2v) is 8.38. The number of nitrogens with zero attached hydrogens (tertiary/aromatic N) is 1. The van der Waals surface area contributed by atoms with E-state index in [2.05, 4.69) is 10.3 Å². The van der Waals surface area contributed by atoms with Crippen molar-refractivity contribution in [2.75, 3.05) is 5.32 Å². The number of anilines is 1. The smallest absolute Gasteiger partial charge is 0.430 e. The van der Waals surface area contributed by atoms with E-state index in [0.29, 0.717) is 6.08 Å². The van der Waals surface area contributed by atoms with Crippen LogP contribution in [-0.2, 0) is 0 Å². The molecule has 3 aromatic carbocycles. The third kappa shape index (κ3) is 6.37. The Morgan fingerprint density at radius 3 is 2.06 bits per heavy atom. The Balaban J connectivity index is 1.98. The van der Waals surface area contributed by atoms with Gasteiger partial charge in [0.25, 0.3) is 5.91 Å². The van der Waals surface area contributed by atoms with Crippen LogP contribution in [0.5, 0.6) is 0 Å². The molecule has 0 saturated heterocycles. The van der Waals surface area contributed by atoms with E-state index in [1.165, 1.54) is 48.5 Å². The number of aliphatic imine (C=N–C) groups is 1.